The Balaban J connectivity index is 2.22. The third kappa shape index (κ3) is 3.29. The summed E-state index contributed by atoms with van der Waals surface area (Å²) in [5, 5.41) is 0.725. The first-order valence-corrected chi connectivity index (χ1v) is 6.98. The van der Waals surface area contributed by atoms with Crippen molar-refractivity contribution >= 4 is 23.3 Å². The highest BCUT2D eigenvalue weighted by Gasteiger charge is 2.30. The number of aliphatic imine (C=N–C) groups is 1. The van der Waals surface area contributed by atoms with E-state index >= 15 is 0 Å². The number of rotatable bonds is 5. The van der Waals surface area contributed by atoms with Crippen molar-refractivity contribution < 1.29 is 4.74 Å². The molecule has 1 aliphatic heterocycles. The molecule has 1 aromatic carbocycles. The molecule has 0 bridgehead atoms. The minimum absolute atomic E-state index is 0.126. The summed E-state index contributed by atoms with van der Waals surface area (Å²) < 4.78 is 5.67. The van der Waals surface area contributed by atoms with Crippen LogP contribution in [-0.4, -0.2) is 25.2 Å². The second kappa shape index (κ2) is 6.62. The van der Waals surface area contributed by atoms with Crippen LogP contribution in [0.25, 0.3) is 0 Å². The standard InChI is InChI=1S/C15H19ClN2O/c1-3-5-10-17-15-18(13(4-2)11-19-15)14-8-6-12(16)7-9-14/h4,6-9,13H,2-3,5,10-11H2,1H3. The van der Waals surface area contributed by atoms with Crippen LogP contribution < -0.4 is 4.90 Å². The Labute approximate surface area is 119 Å². The van der Waals surface area contributed by atoms with Gasteiger partial charge in [-0.3, -0.25) is 4.90 Å². The van der Waals surface area contributed by atoms with E-state index in [0.29, 0.717) is 12.6 Å². The van der Waals surface area contributed by atoms with E-state index in [1.165, 1.54) is 0 Å². The molecule has 1 unspecified atom stereocenters. The number of ether oxygens (including phenoxy) is 1. The van der Waals surface area contributed by atoms with Gasteiger partial charge in [0.05, 0.1) is 6.04 Å². The van der Waals surface area contributed by atoms with E-state index in [1.807, 2.05) is 30.3 Å². The number of amidine groups is 1. The first kappa shape index (κ1) is 13.9. The van der Waals surface area contributed by atoms with E-state index in [2.05, 4.69) is 23.4 Å². The van der Waals surface area contributed by atoms with Crippen molar-refractivity contribution in [2.75, 3.05) is 18.1 Å². The summed E-state index contributed by atoms with van der Waals surface area (Å²) in [5.41, 5.74) is 1.03. The van der Waals surface area contributed by atoms with Gasteiger partial charge in [0.15, 0.2) is 0 Å². The quantitative estimate of drug-likeness (QED) is 0.603. The van der Waals surface area contributed by atoms with Crippen LogP contribution in [0, 0.1) is 0 Å². The number of nitrogens with zero attached hydrogens (tertiary/aromatic N) is 2. The molecule has 0 N–H and O–H groups in total. The number of unbranched alkanes of at least 4 members (excludes halogenated alkanes) is 1. The van der Waals surface area contributed by atoms with Crippen LogP contribution in [0.2, 0.25) is 5.02 Å². The van der Waals surface area contributed by atoms with E-state index in [-0.39, 0.29) is 6.04 Å². The van der Waals surface area contributed by atoms with Gasteiger partial charge in [0.25, 0.3) is 6.02 Å². The number of halogens is 1. The van der Waals surface area contributed by atoms with Crippen molar-refractivity contribution in [3.05, 3.63) is 41.9 Å². The molecule has 1 saturated heterocycles. The minimum Gasteiger partial charge on any atom is -0.462 e. The molecule has 1 atom stereocenters. The fraction of sp³-hybridized carbons (Fsp3) is 0.400. The van der Waals surface area contributed by atoms with Gasteiger partial charge in [0.1, 0.15) is 6.61 Å². The van der Waals surface area contributed by atoms with E-state index in [1.54, 1.807) is 0 Å². The maximum absolute atomic E-state index is 5.93. The summed E-state index contributed by atoms with van der Waals surface area (Å²) in [6.45, 7) is 7.40. The predicted molar refractivity (Wildman–Crippen MR) is 81.1 cm³/mol. The van der Waals surface area contributed by atoms with E-state index in [0.717, 1.165) is 30.1 Å². The van der Waals surface area contributed by atoms with Gasteiger partial charge in [0, 0.05) is 17.3 Å². The average Bonchev–Trinajstić information content (AvgIpc) is 2.83. The second-order valence-corrected chi connectivity index (χ2v) is 4.91. The van der Waals surface area contributed by atoms with Crippen molar-refractivity contribution in [2.45, 2.75) is 25.8 Å². The Morgan fingerprint density at radius 2 is 2.21 bits per heavy atom. The lowest BCUT2D eigenvalue weighted by atomic mass is 10.2. The third-order valence-corrected chi connectivity index (χ3v) is 3.31. The zero-order chi connectivity index (χ0) is 13.7. The monoisotopic (exact) mass is 278 g/mol. The molecule has 1 aliphatic rings. The van der Waals surface area contributed by atoms with Crippen LogP contribution >= 0.6 is 11.6 Å². The van der Waals surface area contributed by atoms with E-state index in [4.69, 9.17) is 16.3 Å². The molecular formula is C15H19ClN2O. The summed E-state index contributed by atoms with van der Waals surface area (Å²) in [6, 6.07) is 8.51. The summed E-state index contributed by atoms with van der Waals surface area (Å²) in [5.74, 6) is 0. The van der Waals surface area contributed by atoms with Gasteiger partial charge in [-0.2, -0.15) is 0 Å². The Morgan fingerprint density at radius 3 is 2.84 bits per heavy atom. The molecule has 0 saturated carbocycles. The molecule has 0 amide bonds. The van der Waals surface area contributed by atoms with Crippen molar-refractivity contribution in [2.24, 2.45) is 4.99 Å². The fourth-order valence-corrected chi connectivity index (χ4v) is 2.10. The smallest absolute Gasteiger partial charge is 0.292 e. The normalized spacial score (nSPS) is 20.6. The lowest BCUT2D eigenvalue weighted by Gasteiger charge is -2.21. The molecule has 0 spiro atoms. The maximum atomic E-state index is 5.93. The number of benzene rings is 1. The molecular weight excluding hydrogens is 260 g/mol. The van der Waals surface area contributed by atoms with Gasteiger partial charge in [-0.25, -0.2) is 4.99 Å². The topological polar surface area (TPSA) is 24.8 Å². The average molecular weight is 279 g/mol. The summed E-state index contributed by atoms with van der Waals surface area (Å²) in [7, 11) is 0. The summed E-state index contributed by atoms with van der Waals surface area (Å²) in [6.07, 6.45) is 4.08. The van der Waals surface area contributed by atoms with Gasteiger partial charge in [0.2, 0.25) is 0 Å². The van der Waals surface area contributed by atoms with Crippen LogP contribution in [0.3, 0.4) is 0 Å². The molecule has 102 valence electrons. The summed E-state index contributed by atoms with van der Waals surface area (Å²) in [4.78, 5) is 6.60. The SMILES string of the molecule is C=CC1COC(=NCCCC)N1c1ccc(Cl)cc1. The molecule has 1 heterocycles. The van der Waals surface area contributed by atoms with Crippen LogP contribution in [-0.2, 0) is 4.74 Å². The van der Waals surface area contributed by atoms with Gasteiger partial charge < -0.3 is 4.74 Å². The molecule has 4 heteroatoms. The zero-order valence-corrected chi connectivity index (χ0v) is 11.9. The first-order valence-electron chi connectivity index (χ1n) is 6.61. The molecule has 0 aliphatic carbocycles. The number of anilines is 1. The predicted octanol–water partition coefficient (Wildman–Crippen LogP) is 3.89. The molecule has 2 rings (SSSR count). The van der Waals surface area contributed by atoms with Gasteiger partial charge in [-0.05, 0) is 30.7 Å². The van der Waals surface area contributed by atoms with Gasteiger partial charge in [-0.1, -0.05) is 31.0 Å². The molecule has 0 aromatic heterocycles. The largest absolute Gasteiger partial charge is 0.462 e. The molecule has 0 radical (unpaired) electrons. The van der Waals surface area contributed by atoms with Crippen molar-refractivity contribution in [3.63, 3.8) is 0 Å². The van der Waals surface area contributed by atoms with Gasteiger partial charge >= 0.3 is 0 Å². The first-order chi connectivity index (χ1) is 9.26. The van der Waals surface area contributed by atoms with Gasteiger partial charge in [-0.15, -0.1) is 6.58 Å². The lowest BCUT2D eigenvalue weighted by molar-refractivity contribution is 0.337. The highest BCUT2D eigenvalue weighted by molar-refractivity contribution is 6.30. The Kier molecular flexibility index (Phi) is 4.86. The second-order valence-electron chi connectivity index (χ2n) is 4.48. The third-order valence-electron chi connectivity index (χ3n) is 3.06. The zero-order valence-electron chi connectivity index (χ0n) is 11.2. The van der Waals surface area contributed by atoms with Crippen molar-refractivity contribution in [1.82, 2.24) is 0 Å². The number of hydrogen-bond acceptors (Lipinski definition) is 2. The highest BCUT2D eigenvalue weighted by Crippen LogP contribution is 2.25. The Bertz CT molecular complexity index is 456. The van der Waals surface area contributed by atoms with E-state index < -0.39 is 0 Å². The van der Waals surface area contributed by atoms with Crippen molar-refractivity contribution in [3.8, 4) is 0 Å². The Morgan fingerprint density at radius 1 is 1.47 bits per heavy atom. The maximum Gasteiger partial charge on any atom is 0.292 e. The summed E-state index contributed by atoms with van der Waals surface area (Å²) >= 11 is 5.93. The Hall–Kier alpha value is -1.48. The fourth-order valence-electron chi connectivity index (χ4n) is 1.98. The highest BCUT2D eigenvalue weighted by atomic mass is 35.5. The van der Waals surface area contributed by atoms with Crippen LogP contribution in [0.15, 0.2) is 41.9 Å². The minimum atomic E-state index is 0.126. The van der Waals surface area contributed by atoms with Crippen LogP contribution in [0.4, 0.5) is 5.69 Å². The molecule has 3 nitrogen and oxygen atoms in total. The molecule has 1 aromatic rings. The molecule has 1 fully saturated rings. The van der Waals surface area contributed by atoms with Crippen LogP contribution in [0.5, 0.6) is 0 Å². The lowest BCUT2D eigenvalue weighted by Crippen LogP contribution is -2.32. The van der Waals surface area contributed by atoms with Crippen molar-refractivity contribution in [1.29, 1.82) is 0 Å². The number of hydrogen-bond donors (Lipinski definition) is 0. The van der Waals surface area contributed by atoms with E-state index in [9.17, 15) is 0 Å². The molecule has 19 heavy (non-hydrogen) atoms. The van der Waals surface area contributed by atoms with Crippen LogP contribution in [0.1, 0.15) is 19.8 Å².